The van der Waals surface area contributed by atoms with Gasteiger partial charge < -0.3 is 0 Å². The van der Waals surface area contributed by atoms with Crippen molar-refractivity contribution in [1.29, 1.82) is 5.26 Å². The summed E-state index contributed by atoms with van der Waals surface area (Å²) in [6.07, 6.45) is 4.99. The van der Waals surface area contributed by atoms with Gasteiger partial charge in [-0.15, -0.1) is 0 Å². The molecule has 0 unspecified atom stereocenters. The zero-order valence-corrected chi connectivity index (χ0v) is 10.8. The molecule has 0 amide bonds. The highest BCUT2D eigenvalue weighted by Gasteiger charge is 2.05. The molecule has 0 spiro atoms. The van der Waals surface area contributed by atoms with E-state index in [0.717, 1.165) is 11.1 Å². The maximum atomic E-state index is 9.19. The SMILES string of the molecule is N#C/C(=C\c1cccc(Cl)c1Cl)c1ccncc1. The van der Waals surface area contributed by atoms with Crippen molar-refractivity contribution in [3.8, 4) is 6.07 Å². The lowest BCUT2D eigenvalue weighted by atomic mass is 10.1. The molecule has 88 valence electrons. The van der Waals surface area contributed by atoms with Gasteiger partial charge in [-0.2, -0.15) is 5.26 Å². The summed E-state index contributed by atoms with van der Waals surface area (Å²) in [7, 11) is 0. The van der Waals surface area contributed by atoms with Crippen molar-refractivity contribution < 1.29 is 0 Å². The first-order valence-electron chi connectivity index (χ1n) is 5.18. The third kappa shape index (κ3) is 2.70. The smallest absolute Gasteiger partial charge is 0.0998 e. The van der Waals surface area contributed by atoms with Crippen molar-refractivity contribution in [3.63, 3.8) is 0 Å². The van der Waals surface area contributed by atoms with E-state index in [-0.39, 0.29) is 0 Å². The molecule has 2 rings (SSSR count). The summed E-state index contributed by atoms with van der Waals surface area (Å²) >= 11 is 12.0. The maximum Gasteiger partial charge on any atom is 0.0998 e. The summed E-state index contributed by atoms with van der Waals surface area (Å²) in [4.78, 5) is 3.92. The van der Waals surface area contributed by atoms with Crippen LogP contribution in [-0.4, -0.2) is 4.98 Å². The van der Waals surface area contributed by atoms with Crippen molar-refractivity contribution in [2.24, 2.45) is 0 Å². The standard InChI is InChI=1S/C14H8Cl2N2/c15-13-3-1-2-11(14(13)16)8-12(9-17)10-4-6-18-7-5-10/h1-8H/b12-8+. The summed E-state index contributed by atoms with van der Waals surface area (Å²) in [5.74, 6) is 0. The zero-order chi connectivity index (χ0) is 13.0. The Morgan fingerprint density at radius 1 is 1.17 bits per heavy atom. The summed E-state index contributed by atoms with van der Waals surface area (Å²) in [5, 5.41) is 10.1. The molecule has 0 aliphatic rings. The zero-order valence-electron chi connectivity index (χ0n) is 9.27. The molecule has 1 heterocycles. The van der Waals surface area contributed by atoms with Crippen LogP contribution in [0.3, 0.4) is 0 Å². The molecule has 0 aliphatic heterocycles. The van der Waals surface area contributed by atoms with Gasteiger partial charge in [0.15, 0.2) is 0 Å². The Morgan fingerprint density at radius 2 is 1.89 bits per heavy atom. The molecule has 0 fully saturated rings. The Hall–Kier alpha value is -1.82. The minimum atomic E-state index is 0.445. The van der Waals surface area contributed by atoms with E-state index < -0.39 is 0 Å². The molecule has 0 atom stereocenters. The topological polar surface area (TPSA) is 36.7 Å². The first kappa shape index (κ1) is 12.6. The number of rotatable bonds is 2. The Balaban J connectivity index is 2.49. The van der Waals surface area contributed by atoms with Gasteiger partial charge in [-0.05, 0) is 35.4 Å². The van der Waals surface area contributed by atoms with Gasteiger partial charge in [-0.3, -0.25) is 4.98 Å². The number of nitrogens with zero attached hydrogens (tertiary/aromatic N) is 2. The van der Waals surface area contributed by atoms with Gasteiger partial charge in [0.2, 0.25) is 0 Å². The van der Waals surface area contributed by atoms with Crippen LogP contribution in [0, 0.1) is 11.3 Å². The van der Waals surface area contributed by atoms with Gasteiger partial charge in [-0.25, -0.2) is 0 Å². The molecule has 4 heteroatoms. The van der Waals surface area contributed by atoms with E-state index in [4.69, 9.17) is 23.2 Å². The van der Waals surface area contributed by atoms with E-state index in [2.05, 4.69) is 11.1 Å². The van der Waals surface area contributed by atoms with Crippen LogP contribution in [0.4, 0.5) is 0 Å². The second-order valence-electron chi connectivity index (χ2n) is 3.55. The molecule has 0 N–H and O–H groups in total. The number of halogens is 2. The molecule has 18 heavy (non-hydrogen) atoms. The van der Waals surface area contributed by atoms with Gasteiger partial charge in [0.25, 0.3) is 0 Å². The predicted molar refractivity (Wildman–Crippen MR) is 74.2 cm³/mol. The number of aromatic nitrogens is 1. The molecule has 1 aromatic carbocycles. The minimum Gasteiger partial charge on any atom is -0.265 e. The van der Waals surface area contributed by atoms with E-state index in [1.807, 2.05) is 6.07 Å². The minimum absolute atomic E-state index is 0.445. The molecule has 0 saturated heterocycles. The van der Waals surface area contributed by atoms with E-state index in [9.17, 15) is 5.26 Å². The van der Waals surface area contributed by atoms with Crippen molar-refractivity contribution in [3.05, 3.63) is 63.9 Å². The van der Waals surface area contributed by atoms with Crippen molar-refractivity contribution in [1.82, 2.24) is 4.98 Å². The Morgan fingerprint density at radius 3 is 2.56 bits per heavy atom. The number of nitriles is 1. The van der Waals surface area contributed by atoms with Crippen LogP contribution in [0.5, 0.6) is 0 Å². The third-order valence-electron chi connectivity index (χ3n) is 2.39. The number of allylic oxidation sites excluding steroid dienone is 1. The number of benzene rings is 1. The first-order valence-corrected chi connectivity index (χ1v) is 5.94. The highest BCUT2D eigenvalue weighted by Crippen LogP contribution is 2.28. The average Bonchev–Trinajstić information content (AvgIpc) is 2.41. The second-order valence-corrected chi connectivity index (χ2v) is 4.33. The van der Waals surface area contributed by atoms with Gasteiger partial charge in [-0.1, -0.05) is 35.3 Å². The first-order chi connectivity index (χ1) is 8.72. The van der Waals surface area contributed by atoms with Crippen LogP contribution in [-0.2, 0) is 0 Å². The molecular formula is C14H8Cl2N2. The van der Waals surface area contributed by atoms with Gasteiger partial charge in [0, 0.05) is 12.4 Å². The van der Waals surface area contributed by atoms with Crippen LogP contribution >= 0.6 is 23.2 Å². The Kier molecular flexibility index (Phi) is 3.99. The van der Waals surface area contributed by atoms with Crippen molar-refractivity contribution in [2.45, 2.75) is 0 Å². The lowest BCUT2D eigenvalue weighted by Crippen LogP contribution is -1.83. The highest BCUT2D eigenvalue weighted by molar-refractivity contribution is 6.43. The van der Waals surface area contributed by atoms with Crippen LogP contribution < -0.4 is 0 Å². The molecule has 0 bridgehead atoms. The van der Waals surface area contributed by atoms with Gasteiger partial charge >= 0.3 is 0 Å². The highest BCUT2D eigenvalue weighted by atomic mass is 35.5. The molecule has 0 radical (unpaired) electrons. The fourth-order valence-corrected chi connectivity index (χ4v) is 1.86. The van der Waals surface area contributed by atoms with E-state index in [1.54, 1.807) is 42.7 Å². The van der Waals surface area contributed by atoms with E-state index >= 15 is 0 Å². The van der Waals surface area contributed by atoms with Gasteiger partial charge in [0.1, 0.15) is 0 Å². The van der Waals surface area contributed by atoms with Crippen LogP contribution in [0.25, 0.3) is 11.6 Å². The molecule has 1 aromatic heterocycles. The van der Waals surface area contributed by atoms with Crippen LogP contribution in [0.1, 0.15) is 11.1 Å². The fraction of sp³-hybridized carbons (Fsp3) is 0. The fourth-order valence-electron chi connectivity index (χ4n) is 1.50. The number of hydrogen-bond acceptors (Lipinski definition) is 2. The number of hydrogen-bond donors (Lipinski definition) is 0. The molecule has 0 saturated carbocycles. The van der Waals surface area contributed by atoms with E-state index in [0.29, 0.717) is 15.6 Å². The lowest BCUT2D eigenvalue weighted by Gasteiger charge is -2.02. The summed E-state index contributed by atoms with van der Waals surface area (Å²) in [5.41, 5.74) is 2.03. The van der Waals surface area contributed by atoms with Gasteiger partial charge in [0.05, 0.1) is 21.7 Å². The van der Waals surface area contributed by atoms with E-state index in [1.165, 1.54) is 0 Å². The summed E-state index contributed by atoms with van der Waals surface area (Å²) < 4.78 is 0. The number of pyridine rings is 1. The largest absolute Gasteiger partial charge is 0.265 e. The molecule has 0 aliphatic carbocycles. The van der Waals surface area contributed by atoms with Crippen LogP contribution in [0.15, 0.2) is 42.7 Å². The Bertz CT molecular complexity index is 628. The Labute approximate surface area is 115 Å². The maximum absolute atomic E-state index is 9.19. The second kappa shape index (κ2) is 5.68. The van der Waals surface area contributed by atoms with Crippen molar-refractivity contribution >= 4 is 34.9 Å². The lowest BCUT2D eigenvalue weighted by molar-refractivity contribution is 1.32. The average molecular weight is 275 g/mol. The quantitative estimate of drug-likeness (QED) is 0.759. The predicted octanol–water partition coefficient (Wildman–Crippen LogP) is 4.45. The van der Waals surface area contributed by atoms with Crippen LogP contribution in [0.2, 0.25) is 10.0 Å². The monoisotopic (exact) mass is 274 g/mol. The molecule has 2 aromatic rings. The summed E-state index contributed by atoms with van der Waals surface area (Å²) in [6.45, 7) is 0. The molecule has 2 nitrogen and oxygen atoms in total. The summed E-state index contributed by atoms with van der Waals surface area (Å²) in [6, 6.07) is 11.0. The van der Waals surface area contributed by atoms with Crippen molar-refractivity contribution in [2.75, 3.05) is 0 Å². The normalized spacial score (nSPS) is 11.1. The third-order valence-corrected chi connectivity index (χ3v) is 3.23. The molecular weight excluding hydrogens is 267 g/mol.